The van der Waals surface area contributed by atoms with E-state index in [-0.39, 0.29) is 30.0 Å². The fourth-order valence-electron chi connectivity index (χ4n) is 3.48. The summed E-state index contributed by atoms with van der Waals surface area (Å²) in [5.41, 5.74) is 0.127. The maximum absolute atomic E-state index is 13.2. The van der Waals surface area contributed by atoms with Crippen LogP contribution >= 0.6 is 0 Å². The smallest absolute Gasteiger partial charge is 0.392 e. The first-order valence-electron chi connectivity index (χ1n) is 9.16. The lowest BCUT2D eigenvalue weighted by molar-refractivity contribution is -0.197. The van der Waals surface area contributed by atoms with Gasteiger partial charge in [0.2, 0.25) is 15.9 Å². The summed E-state index contributed by atoms with van der Waals surface area (Å²) in [6, 6.07) is 8.64. The molecule has 29 heavy (non-hydrogen) atoms. The molecule has 0 aliphatic heterocycles. The number of sulfonamides is 1. The van der Waals surface area contributed by atoms with Gasteiger partial charge in [0.15, 0.2) is 0 Å². The van der Waals surface area contributed by atoms with Gasteiger partial charge in [0, 0.05) is 11.6 Å². The Bertz CT molecular complexity index is 943. The van der Waals surface area contributed by atoms with Crippen LogP contribution in [0.5, 0.6) is 0 Å². The van der Waals surface area contributed by atoms with Gasteiger partial charge in [0.1, 0.15) is 5.76 Å². The quantitative estimate of drug-likeness (QED) is 0.723. The molecule has 0 bridgehead atoms. The number of alkyl halides is 3. The Morgan fingerprint density at radius 3 is 2.59 bits per heavy atom. The summed E-state index contributed by atoms with van der Waals surface area (Å²) in [6.07, 6.45) is -1.97. The molecule has 2 aromatic rings. The number of anilines is 1. The second-order valence-electron chi connectivity index (χ2n) is 6.96. The van der Waals surface area contributed by atoms with E-state index < -0.39 is 33.9 Å². The summed E-state index contributed by atoms with van der Waals surface area (Å²) in [7, 11) is -3.89. The van der Waals surface area contributed by atoms with Gasteiger partial charge in [-0.2, -0.15) is 13.2 Å². The summed E-state index contributed by atoms with van der Waals surface area (Å²) in [5, 5.41) is 2.45. The van der Waals surface area contributed by atoms with Crippen molar-refractivity contribution in [2.45, 2.75) is 43.3 Å². The second kappa shape index (κ2) is 8.58. The fourth-order valence-corrected chi connectivity index (χ4v) is 4.51. The Labute approximate surface area is 166 Å². The first-order chi connectivity index (χ1) is 13.7. The van der Waals surface area contributed by atoms with E-state index in [1.165, 1.54) is 30.5 Å². The minimum absolute atomic E-state index is 0.0543. The van der Waals surface area contributed by atoms with Gasteiger partial charge < -0.3 is 9.73 Å². The van der Waals surface area contributed by atoms with Crippen LogP contribution in [0.2, 0.25) is 0 Å². The summed E-state index contributed by atoms with van der Waals surface area (Å²) in [6.45, 7) is -0.0543. The Balaban J connectivity index is 1.71. The highest BCUT2D eigenvalue weighted by Gasteiger charge is 2.48. The molecule has 0 spiro atoms. The van der Waals surface area contributed by atoms with Gasteiger partial charge in [-0.15, -0.1) is 0 Å². The summed E-state index contributed by atoms with van der Waals surface area (Å²) < 4.78 is 72.0. The molecule has 1 aromatic carbocycles. The number of furan rings is 1. The van der Waals surface area contributed by atoms with Crippen molar-refractivity contribution in [1.29, 1.82) is 0 Å². The van der Waals surface area contributed by atoms with Gasteiger partial charge in [-0.05, 0) is 43.2 Å². The Hall–Kier alpha value is -2.33. The first-order valence-corrected chi connectivity index (χ1v) is 10.6. The molecule has 1 amide bonds. The van der Waals surface area contributed by atoms with Crippen molar-refractivity contribution in [3.05, 3.63) is 48.4 Å². The van der Waals surface area contributed by atoms with E-state index in [1.54, 1.807) is 12.1 Å². The van der Waals surface area contributed by atoms with E-state index in [0.29, 0.717) is 18.6 Å². The van der Waals surface area contributed by atoms with Gasteiger partial charge in [0.05, 0.1) is 23.6 Å². The molecule has 2 unspecified atom stereocenters. The molecule has 1 heterocycles. The molecule has 1 aliphatic carbocycles. The normalized spacial score (nSPS) is 20.4. The number of halogens is 3. The monoisotopic (exact) mass is 430 g/mol. The molecule has 1 saturated carbocycles. The standard InChI is InChI=1S/C19H21F3N2O4S/c20-19(21,22)17-9-2-1-8-16(17)18(25)24-13-5-3-7-15(11-13)29(26,27)23-12-14-6-4-10-28-14/h3-7,10-11,16-17,23H,1-2,8-9,12H2,(H,24,25). The lowest BCUT2D eigenvalue weighted by Crippen LogP contribution is -2.39. The Morgan fingerprint density at radius 1 is 1.14 bits per heavy atom. The van der Waals surface area contributed by atoms with Crippen LogP contribution < -0.4 is 10.0 Å². The number of rotatable bonds is 6. The molecule has 3 rings (SSSR count). The van der Waals surface area contributed by atoms with E-state index in [9.17, 15) is 26.4 Å². The van der Waals surface area contributed by atoms with Crippen LogP contribution in [0.15, 0.2) is 52.0 Å². The Morgan fingerprint density at radius 2 is 1.90 bits per heavy atom. The SMILES string of the molecule is O=C(Nc1cccc(S(=O)(=O)NCc2ccco2)c1)C1CCCCC1C(F)(F)F. The highest BCUT2D eigenvalue weighted by molar-refractivity contribution is 7.89. The minimum Gasteiger partial charge on any atom is -0.468 e. The van der Waals surface area contributed by atoms with Gasteiger partial charge in [0.25, 0.3) is 0 Å². The molecular formula is C19H21F3N2O4S. The lowest BCUT2D eigenvalue weighted by atomic mass is 9.78. The third-order valence-electron chi connectivity index (χ3n) is 4.95. The van der Waals surface area contributed by atoms with Crippen LogP contribution in [0, 0.1) is 11.8 Å². The van der Waals surface area contributed by atoms with Gasteiger partial charge >= 0.3 is 6.18 Å². The van der Waals surface area contributed by atoms with Crippen molar-refractivity contribution in [2.24, 2.45) is 11.8 Å². The van der Waals surface area contributed by atoms with E-state index >= 15 is 0 Å². The molecule has 2 N–H and O–H groups in total. The zero-order valence-corrected chi connectivity index (χ0v) is 16.2. The maximum Gasteiger partial charge on any atom is 0.392 e. The lowest BCUT2D eigenvalue weighted by Gasteiger charge is -2.32. The molecule has 2 atom stereocenters. The second-order valence-corrected chi connectivity index (χ2v) is 8.73. The van der Waals surface area contributed by atoms with Crippen molar-refractivity contribution in [3.8, 4) is 0 Å². The first kappa shape index (κ1) is 21.4. The third-order valence-corrected chi connectivity index (χ3v) is 6.35. The average Bonchev–Trinajstić information content (AvgIpc) is 3.20. The highest BCUT2D eigenvalue weighted by Crippen LogP contribution is 2.41. The predicted octanol–water partition coefficient (Wildman–Crippen LogP) is 4.07. The number of hydrogen-bond donors (Lipinski definition) is 2. The van der Waals surface area contributed by atoms with Gasteiger partial charge in [-0.1, -0.05) is 18.9 Å². The van der Waals surface area contributed by atoms with E-state index in [4.69, 9.17) is 4.42 Å². The Kier molecular flexibility index (Phi) is 6.33. The number of benzene rings is 1. The van der Waals surface area contributed by atoms with E-state index in [0.717, 1.165) is 0 Å². The van der Waals surface area contributed by atoms with Gasteiger partial charge in [-0.3, -0.25) is 4.79 Å². The maximum atomic E-state index is 13.2. The zero-order chi connectivity index (χ0) is 21.1. The molecule has 1 fully saturated rings. The van der Waals surface area contributed by atoms with Crippen molar-refractivity contribution >= 4 is 21.6 Å². The average molecular weight is 430 g/mol. The molecule has 0 saturated heterocycles. The number of carbonyl (C=O) groups is 1. The van der Waals surface area contributed by atoms with Crippen molar-refractivity contribution in [1.82, 2.24) is 4.72 Å². The van der Waals surface area contributed by atoms with Crippen LogP contribution in [0.25, 0.3) is 0 Å². The highest BCUT2D eigenvalue weighted by atomic mass is 32.2. The predicted molar refractivity (Wildman–Crippen MR) is 99.3 cm³/mol. The largest absolute Gasteiger partial charge is 0.468 e. The van der Waals surface area contributed by atoms with Gasteiger partial charge in [-0.25, -0.2) is 13.1 Å². The van der Waals surface area contributed by atoms with Crippen molar-refractivity contribution in [2.75, 3.05) is 5.32 Å². The van der Waals surface area contributed by atoms with E-state index in [2.05, 4.69) is 10.0 Å². The topological polar surface area (TPSA) is 88.4 Å². The molecule has 1 aromatic heterocycles. The third kappa shape index (κ3) is 5.39. The molecule has 6 nitrogen and oxygen atoms in total. The zero-order valence-electron chi connectivity index (χ0n) is 15.4. The molecule has 0 radical (unpaired) electrons. The van der Waals surface area contributed by atoms with Crippen LogP contribution in [-0.2, 0) is 21.4 Å². The number of carbonyl (C=O) groups excluding carboxylic acids is 1. The number of hydrogen-bond acceptors (Lipinski definition) is 4. The van der Waals surface area contributed by atoms with Crippen LogP contribution in [0.1, 0.15) is 31.4 Å². The van der Waals surface area contributed by atoms with Crippen molar-refractivity contribution < 1.29 is 30.8 Å². The number of amides is 1. The molecule has 1 aliphatic rings. The summed E-state index contributed by atoms with van der Waals surface area (Å²) in [5.74, 6) is -3.18. The molecule has 10 heteroatoms. The van der Waals surface area contributed by atoms with Crippen molar-refractivity contribution in [3.63, 3.8) is 0 Å². The fraction of sp³-hybridized carbons (Fsp3) is 0.421. The summed E-state index contributed by atoms with van der Waals surface area (Å²) in [4.78, 5) is 12.4. The number of nitrogens with one attached hydrogen (secondary N) is 2. The van der Waals surface area contributed by atoms with Crippen LogP contribution in [0.4, 0.5) is 18.9 Å². The van der Waals surface area contributed by atoms with Crippen LogP contribution in [-0.4, -0.2) is 20.5 Å². The van der Waals surface area contributed by atoms with Crippen LogP contribution in [0.3, 0.4) is 0 Å². The minimum atomic E-state index is -4.44. The summed E-state index contributed by atoms with van der Waals surface area (Å²) >= 11 is 0. The molecular weight excluding hydrogens is 409 g/mol. The molecule has 158 valence electrons. The van der Waals surface area contributed by atoms with E-state index in [1.807, 2.05) is 0 Å².